The van der Waals surface area contributed by atoms with Crippen LogP contribution in [0.3, 0.4) is 0 Å². The number of nitrogens with two attached hydrogens (primary N) is 1. The van der Waals surface area contributed by atoms with Gasteiger partial charge in [-0.2, -0.15) is 5.10 Å². The first-order valence-corrected chi connectivity index (χ1v) is 4.98. The van der Waals surface area contributed by atoms with E-state index in [0.29, 0.717) is 10.9 Å². The molecule has 1 aromatic heterocycles. The van der Waals surface area contributed by atoms with Crippen molar-refractivity contribution in [3.63, 3.8) is 0 Å². The number of carbonyl (C=O) groups excluding carboxylic acids is 1. The van der Waals surface area contributed by atoms with Crippen LogP contribution in [0, 0.1) is 6.92 Å². The van der Waals surface area contributed by atoms with Crippen molar-refractivity contribution in [1.82, 2.24) is 9.78 Å². The zero-order valence-electron chi connectivity index (χ0n) is 9.17. The van der Waals surface area contributed by atoms with Crippen molar-refractivity contribution in [2.24, 2.45) is 5.73 Å². The van der Waals surface area contributed by atoms with Crippen LogP contribution in [0.4, 0.5) is 0 Å². The third kappa shape index (κ3) is 1.96. The first-order chi connectivity index (χ1) is 7.99. The minimum absolute atomic E-state index is 0.102. The highest BCUT2D eigenvalue weighted by molar-refractivity contribution is 6.04. The Morgan fingerprint density at radius 3 is 2.76 bits per heavy atom. The fraction of sp³-hybridized carbons (Fsp3) is 0.182. The van der Waals surface area contributed by atoms with E-state index < -0.39 is 11.9 Å². The molecule has 6 heteroatoms. The van der Waals surface area contributed by atoms with Gasteiger partial charge < -0.3 is 10.8 Å². The van der Waals surface area contributed by atoms with Crippen LogP contribution in [0.25, 0.3) is 10.9 Å². The minimum atomic E-state index is -1.02. The Kier molecular flexibility index (Phi) is 2.55. The second-order valence-corrected chi connectivity index (χ2v) is 3.78. The fourth-order valence-corrected chi connectivity index (χ4v) is 1.72. The Bertz CT molecular complexity index is 616. The topological polar surface area (TPSA) is 98.2 Å². The van der Waals surface area contributed by atoms with Gasteiger partial charge >= 0.3 is 5.97 Å². The van der Waals surface area contributed by atoms with Gasteiger partial charge in [0.25, 0.3) is 5.91 Å². The van der Waals surface area contributed by atoms with Gasteiger partial charge in [0.2, 0.25) is 0 Å². The maximum absolute atomic E-state index is 11.2. The minimum Gasteiger partial charge on any atom is -0.480 e. The van der Waals surface area contributed by atoms with Crippen LogP contribution in [-0.4, -0.2) is 26.8 Å². The highest BCUT2D eigenvalue weighted by Gasteiger charge is 2.16. The second kappa shape index (κ2) is 3.89. The quantitative estimate of drug-likeness (QED) is 0.807. The van der Waals surface area contributed by atoms with E-state index in [2.05, 4.69) is 5.10 Å². The molecule has 2 rings (SSSR count). The van der Waals surface area contributed by atoms with E-state index in [1.54, 1.807) is 12.1 Å². The van der Waals surface area contributed by atoms with Crippen LogP contribution in [0.15, 0.2) is 18.2 Å². The van der Waals surface area contributed by atoms with Crippen molar-refractivity contribution in [2.45, 2.75) is 13.5 Å². The highest BCUT2D eigenvalue weighted by Crippen LogP contribution is 2.19. The number of rotatable bonds is 3. The van der Waals surface area contributed by atoms with E-state index in [-0.39, 0.29) is 12.2 Å². The summed E-state index contributed by atoms with van der Waals surface area (Å²) in [7, 11) is 0. The monoisotopic (exact) mass is 233 g/mol. The van der Waals surface area contributed by atoms with Crippen molar-refractivity contribution in [2.75, 3.05) is 0 Å². The van der Waals surface area contributed by atoms with Crippen LogP contribution in [0.1, 0.15) is 16.1 Å². The summed E-state index contributed by atoms with van der Waals surface area (Å²) in [5, 5.41) is 13.3. The summed E-state index contributed by atoms with van der Waals surface area (Å²) in [6, 6.07) is 5.32. The smallest absolute Gasteiger partial charge is 0.325 e. The second-order valence-electron chi connectivity index (χ2n) is 3.78. The molecule has 1 heterocycles. The summed E-state index contributed by atoms with van der Waals surface area (Å²) in [5.41, 5.74) is 6.86. The maximum atomic E-state index is 11.2. The average molecular weight is 233 g/mol. The average Bonchev–Trinajstić information content (AvgIpc) is 2.55. The van der Waals surface area contributed by atoms with E-state index in [0.717, 1.165) is 5.56 Å². The number of fused-ring (bicyclic) bond motifs is 1. The SMILES string of the molecule is Cc1ccc2c(c1)c(C(N)=O)nn2CC(=O)O. The number of hydrogen-bond donors (Lipinski definition) is 2. The van der Waals surface area contributed by atoms with Gasteiger partial charge in [0.05, 0.1) is 5.52 Å². The van der Waals surface area contributed by atoms with E-state index in [1.807, 2.05) is 13.0 Å². The van der Waals surface area contributed by atoms with E-state index >= 15 is 0 Å². The van der Waals surface area contributed by atoms with Crippen molar-refractivity contribution >= 4 is 22.8 Å². The molecule has 0 bridgehead atoms. The molecule has 17 heavy (non-hydrogen) atoms. The van der Waals surface area contributed by atoms with Gasteiger partial charge in [0.15, 0.2) is 5.69 Å². The predicted octanol–water partition coefficient (Wildman–Crippen LogP) is 0.528. The number of aromatic nitrogens is 2. The fourth-order valence-electron chi connectivity index (χ4n) is 1.72. The van der Waals surface area contributed by atoms with Gasteiger partial charge in [-0.15, -0.1) is 0 Å². The number of hydrogen-bond acceptors (Lipinski definition) is 3. The number of primary amides is 1. The Labute approximate surface area is 96.6 Å². The van der Waals surface area contributed by atoms with Crippen LogP contribution in [0.2, 0.25) is 0 Å². The van der Waals surface area contributed by atoms with Crippen LogP contribution in [-0.2, 0) is 11.3 Å². The molecule has 0 saturated heterocycles. The number of benzene rings is 1. The Morgan fingerprint density at radius 1 is 1.47 bits per heavy atom. The number of aliphatic carboxylic acids is 1. The predicted molar refractivity (Wildman–Crippen MR) is 60.6 cm³/mol. The summed E-state index contributed by atoms with van der Waals surface area (Å²) in [6.45, 7) is 1.57. The van der Waals surface area contributed by atoms with Gasteiger partial charge in [0.1, 0.15) is 6.54 Å². The largest absolute Gasteiger partial charge is 0.480 e. The Balaban J connectivity index is 2.70. The van der Waals surface area contributed by atoms with Crippen molar-refractivity contribution < 1.29 is 14.7 Å². The molecule has 0 saturated carbocycles. The molecule has 0 unspecified atom stereocenters. The van der Waals surface area contributed by atoms with Gasteiger partial charge in [0, 0.05) is 5.39 Å². The van der Waals surface area contributed by atoms with Crippen molar-refractivity contribution in [3.8, 4) is 0 Å². The molecule has 0 aliphatic rings. The van der Waals surface area contributed by atoms with Gasteiger partial charge in [-0.05, 0) is 19.1 Å². The summed E-state index contributed by atoms with van der Waals surface area (Å²) in [6.07, 6.45) is 0. The molecule has 0 aliphatic carbocycles. The number of nitrogens with zero attached hydrogens (tertiary/aromatic N) is 2. The number of aryl methyl sites for hydroxylation is 1. The summed E-state index contributed by atoms with van der Waals surface area (Å²) in [4.78, 5) is 21.9. The molecule has 3 N–H and O–H groups in total. The standard InChI is InChI=1S/C11H11N3O3/c1-6-2-3-8-7(4-6)10(11(12)17)13-14(8)5-9(15)16/h2-4H,5H2,1H3,(H2,12,17)(H,15,16). The molecule has 6 nitrogen and oxygen atoms in total. The lowest BCUT2D eigenvalue weighted by Gasteiger charge is -1.98. The van der Waals surface area contributed by atoms with Crippen LogP contribution in [0.5, 0.6) is 0 Å². The molecular weight excluding hydrogens is 222 g/mol. The van der Waals surface area contributed by atoms with Crippen molar-refractivity contribution in [3.05, 3.63) is 29.5 Å². The molecule has 2 aromatic rings. The van der Waals surface area contributed by atoms with Gasteiger partial charge in [-0.25, -0.2) is 0 Å². The molecule has 0 spiro atoms. The molecule has 1 aromatic carbocycles. The summed E-state index contributed by atoms with van der Waals surface area (Å²) in [5.74, 6) is -1.68. The zero-order valence-corrected chi connectivity index (χ0v) is 9.17. The van der Waals surface area contributed by atoms with E-state index in [9.17, 15) is 9.59 Å². The first-order valence-electron chi connectivity index (χ1n) is 4.98. The lowest BCUT2D eigenvalue weighted by Crippen LogP contribution is -2.14. The highest BCUT2D eigenvalue weighted by atomic mass is 16.4. The first kappa shape index (κ1) is 11.1. The molecule has 88 valence electrons. The molecule has 0 radical (unpaired) electrons. The molecule has 0 fully saturated rings. The van der Waals surface area contributed by atoms with E-state index in [4.69, 9.17) is 10.8 Å². The van der Waals surface area contributed by atoms with Gasteiger partial charge in [-0.1, -0.05) is 11.6 Å². The number of carboxylic acid groups (broad SMARTS) is 1. The van der Waals surface area contributed by atoms with Crippen molar-refractivity contribution in [1.29, 1.82) is 0 Å². The Hall–Kier alpha value is -2.37. The number of carbonyl (C=O) groups is 2. The van der Waals surface area contributed by atoms with Gasteiger partial charge in [-0.3, -0.25) is 14.3 Å². The third-order valence-electron chi connectivity index (χ3n) is 2.42. The molecular formula is C11H11N3O3. The van der Waals surface area contributed by atoms with Crippen LogP contribution >= 0.6 is 0 Å². The van der Waals surface area contributed by atoms with Crippen LogP contribution < -0.4 is 5.73 Å². The summed E-state index contributed by atoms with van der Waals surface area (Å²) < 4.78 is 1.26. The lowest BCUT2D eigenvalue weighted by atomic mass is 10.1. The zero-order chi connectivity index (χ0) is 12.6. The lowest BCUT2D eigenvalue weighted by molar-refractivity contribution is -0.137. The molecule has 1 amide bonds. The normalized spacial score (nSPS) is 10.6. The molecule has 0 atom stereocenters. The molecule has 0 aliphatic heterocycles. The third-order valence-corrected chi connectivity index (χ3v) is 2.42. The number of carboxylic acids is 1. The number of amides is 1. The Morgan fingerprint density at radius 2 is 2.18 bits per heavy atom. The van der Waals surface area contributed by atoms with E-state index in [1.165, 1.54) is 4.68 Å². The summed E-state index contributed by atoms with van der Waals surface area (Å²) >= 11 is 0. The maximum Gasteiger partial charge on any atom is 0.325 e.